The molecule has 1 aliphatic rings. The first-order valence-corrected chi connectivity index (χ1v) is 3.59. The fourth-order valence-electron chi connectivity index (χ4n) is 1.19. The first kappa shape index (κ1) is 7.27. The third-order valence-corrected chi connectivity index (χ3v) is 2.11. The number of carbonyl (C=O) groups is 1. The van der Waals surface area contributed by atoms with Crippen LogP contribution in [0.1, 0.15) is 12.8 Å². The summed E-state index contributed by atoms with van der Waals surface area (Å²) in [4.78, 5) is 10.7. The molecule has 0 radical (unpaired) electrons. The largest absolute Gasteiger partial charge is 0.479 e. The topological polar surface area (TPSA) is 55.1 Å². The molecular formula is C7H7FN2O2. The molecule has 4 nitrogen and oxygen atoms in total. The Kier molecular flexibility index (Phi) is 1.25. The Morgan fingerprint density at radius 1 is 1.75 bits per heavy atom. The van der Waals surface area contributed by atoms with Gasteiger partial charge in [0.25, 0.3) is 0 Å². The molecule has 2 rings (SSSR count). The molecule has 1 heterocycles. The van der Waals surface area contributed by atoms with Crippen LogP contribution in [0.25, 0.3) is 0 Å². The molecule has 1 saturated carbocycles. The molecule has 0 aliphatic heterocycles. The lowest BCUT2D eigenvalue weighted by Gasteiger charge is -2.08. The lowest BCUT2D eigenvalue weighted by Crippen LogP contribution is -2.27. The van der Waals surface area contributed by atoms with Gasteiger partial charge in [-0.15, -0.1) is 0 Å². The van der Waals surface area contributed by atoms with E-state index < -0.39 is 17.3 Å². The van der Waals surface area contributed by atoms with Crippen molar-refractivity contribution in [3.05, 3.63) is 18.2 Å². The van der Waals surface area contributed by atoms with Crippen molar-refractivity contribution in [1.29, 1.82) is 0 Å². The third kappa shape index (κ3) is 0.823. The molecule has 0 unspecified atom stereocenters. The van der Waals surface area contributed by atoms with Crippen LogP contribution in [0.2, 0.25) is 0 Å². The van der Waals surface area contributed by atoms with E-state index in [-0.39, 0.29) is 0 Å². The Bertz CT molecular complexity index is 330. The summed E-state index contributed by atoms with van der Waals surface area (Å²) in [5.74, 6) is -1.44. The summed E-state index contributed by atoms with van der Waals surface area (Å²) in [7, 11) is 0. The van der Waals surface area contributed by atoms with Gasteiger partial charge < -0.3 is 5.11 Å². The van der Waals surface area contributed by atoms with E-state index in [9.17, 15) is 9.18 Å². The van der Waals surface area contributed by atoms with Crippen LogP contribution in [0, 0.1) is 5.82 Å². The van der Waals surface area contributed by atoms with Gasteiger partial charge in [-0.3, -0.25) is 4.68 Å². The fourth-order valence-corrected chi connectivity index (χ4v) is 1.19. The summed E-state index contributed by atoms with van der Waals surface area (Å²) in [5, 5.41) is 12.4. The van der Waals surface area contributed by atoms with E-state index in [0.717, 1.165) is 12.4 Å². The van der Waals surface area contributed by atoms with Gasteiger partial charge >= 0.3 is 5.97 Å². The summed E-state index contributed by atoms with van der Waals surface area (Å²) in [5.41, 5.74) is -0.954. The third-order valence-electron chi connectivity index (χ3n) is 2.11. The number of carboxylic acids is 1. The van der Waals surface area contributed by atoms with Crippen LogP contribution in [0.4, 0.5) is 4.39 Å². The van der Waals surface area contributed by atoms with Crippen molar-refractivity contribution in [2.75, 3.05) is 0 Å². The molecule has 0 saturated heterocycles. The van der Waals surface area contributed by atoms with Crippen molar-refractivity contribution in [2.45, 2.75) is 18.4 Å². The average Bonchev–Trinajstić information content (AvgIpc) is 2.71. The highest BCUT2D eigenvalue weighted by Gasteiger charge is 2.53. The Morgan fingerprint density at radius 3 is 2.75 bits per heavy atom. The zero-order chi connectivity index (χ0) is 8.77. The summed E-state index contributed by atoms with van der Waals surface area (Å²) in [6, 6.07) is 0. The lowest BCUT2D eigenvalue weighted by molar-refractivity contribution is -0.142. The Labute approximate surface area is 67.6 Å². The molecule has 1 aromatic rings. The first-order valence-electron chi connectivity index (χ1n) is 3.59. The van der Waals surface area contributed by atoms with Gasteiger partial charge in [-0.2, -0.15) is 5.10 Å². The quantitative estimate of drug-likeness (QED) is 0.706. The summed E-state index contributed by atoms with van der Waals surface area (Å²) >= 11 is 0. The highest BCUT2D eigenvalue weighted by molar-refractivity contribution is 5.79. The number of aliphatic carboxylic acids is 1. The van der Waals surface area contributed by atoms with Crippen LogP contribution in [-0.2, 0) is 10.3 Å². The number of rotatable bonds is 2. The molecule has 0 atom stereocenters. The first-order chi connectivity index (χ1) is 5.65. The van der Waals surface area contributed by atoms with Crippen LogP contribution in [-0.4, -0.2) is 20.9 Å². The average molecular weight is 170 g/mol. The van der Waals surface area contributed by atoms with E-state index in [0.29, 0.717) is 12.8 Å². The lowest BCUT2D eigenvalue weighted by atomic mass is 10.3. The molecule has 5 heteroatoms. The number of hydrogen-bond acceptors (Lipinski definition) is 2. The minimum absolute atomic E-state index is 0.498. The summed E-state index contributed by atoms with van der Waals surface area (Å²) in [6.07, 6.45) is 3.19. The zero-order valence-electron chi connectivity index (χ0n) is 6.20. The second kappa shape index (κ2) is 2.06. The van der Waals surface area contributed by atoms with Gasteiger partial charge in [0, 0.05) is 0 Å². The highest BCUT2D eigenvalue weighted by Crippen LogP contribution is 2.43. The van der Waals surface area contributed by atoms with Gasteiger partial charge in [0.05, 0.1) is 12.4 Å². The molecule has 1 fully saturated rings. The highest BCUT2D eigenvalue weighted by atomic mass is 19.1. The van der Waals surface area contributed by atoms with E-state index >= 15 is 0 Å². The fraction of sp³-hybridized carbons (Fsp3) is 0.429. The van der Waals surface area contributed by atoms with Crippen LogP contribution < -0.4 is 0 Å². The molecular weight excluding hydrogens is 163 g/mol. The van der Waals surface area contributed by atoms with Gasteiger partial charge in [-0.1, -0.05) is 0 Å². The maximum atomic E-state index is 12.5. The SMILES string of the molecule is O=C(O)C1(n2cc(F)cn2)CC1. The Balaban J connectivity index is 2.36. The number of hydrogen-bond donors (Lipinski definition) is 1. The van der Waals surface area contributed by atoms with Crippen LogP contribution in [0.15, 0.2) is 12.4 Å². The molecule has 12 heavy (non-hydrogen) atoms. The van der Waals surface area contributed by atoms with Crippen LogP contribution in [0.5, 0.6) is 0 Å². The van der Waals surface area contributed by atoms with Crippen molar-refractivity contribution < 1.29 is 14.3 Å². The molecule has 1 aliphatic carbocycles. The molecule has 64 valence electrons. The number of halogens is 1. The van der Waals surface area contributed by atoms with Crippen molar-refractivity contribution in [1.82, 2.24) is 9.78 Å². The van der Waals surface area contributed by atoms with E-state index in [4.69, 9.17) is 5.11 Å². The predicted octanol–water partition coefficient (Wildman–Crippen LogP) is 0.596. The normalized spacial score (nSPS) is 19.1. The molecule has 0 bridgehead atoms. The Hall–Kier alpha value is -1.39. The van der Waals surface area contributed by atoms with E-state index in [1.165, 1.54) is 4.68 Å². The number of aromatic nitrogens is 2. The predicted molar refractivity (Wildman–Crippen MR) is 37.0 cm³/mol. The molecule has 1 N–H and O–H groups in total. The standard InChI is InChI=1S/C7H7FN2O2/c8-5-3-9-10(4-5)7(1-2-7)6(11)12/h3-4H,1-2H2,(H,11,12). The monoisotopic (exact) mass is 170 g/mol. The van der Waals surface area contributed by atoms with Crippen LogP contribution >= 0.6 is 0 Å². The van der Waals surface area contributed by atoms with Gasteiger partial charge in [0.1, 0.15) is 0 Å². The van der Waals surface area contributed by atoms with E-state index in [2.05, 4.69) is 5.10 Å². The Morgan fingerprint density at radius 2 is 2.42 bits per heavy atom. The van der Waals surface area contributed by atoms with E-state index in [1.807, 2.05) is 0 Å². The van der Waals surface area contributed by atoms with Crippen LogP contribution in [0.3, 0.4) is 0 Å². The minimum atomic E-state index is -0.954. The maximum Gasteiger partial charge on any atom is 0.331 e. The number of nitrogens with zero attached hydrogens (tertiary/aromatic N) is 2. The smallest absolute Gasteiger partial charge is 0.331 e. The summed E-state index contributed by atoms with van der Waals surface area (Å²) < 4.78 is 13.7. The molecule has 0 aromatic carbocycles. The van der Waals surface area contributed by atoms with Gasteiger partial charge in [0.2, 0.25) is 0 Å². The van der Waals surface area contributed by atoms with Crippen molar-refractivity contribution >= 4 is 5.97 Å². The number of carboxylic acid groups (broad SMARTS) is 1. The second-order valence-corrected chi connectivity index (χ2v) is 2.94. The maximum absolute atomic E-state index is 12.5. The summed E-state index contributed by atoms with van der Waals surface area (Å²) in [6.45, 7) is 0. The zero-order valence-corrected chi connectivity index (χ0v) is 6.20. The van der Waals surface area contributed by atoms with E-state index in [1.54, 1.807) is 0 Å². The minimum Gasteiger partial charge on any atom is -0.479 e. The molecule has 0 amide bonds. The van der Waals surface area contributed by atoms with Gasteiger partial charge in [-0.25, -0.2) is 9.18 Å². The van der Waals surface area contributed by atoms with Gasteiger partial charge in [0.15, 0.2) is 11.4 Å². The van der Waals surface area contributed by atoms with Crippen molar-refractivity contribution in [3.63, 3.8) is 0 Å². The van der Waals surface area contributed by atoms with Gasteiger partial charge in [-0.05, 0) is 12.8 Å². The molecule has 0 spiro atoms. The second-order valence-electron chi connectivity index (χ2n) is 2.94. The van der Waals surface area contributed by atoms with Crippen molar-refractivity contribution in [3.8, 4) is 0 Å². The van der Waals surface area contributed by atoms with Crippen molar-refractivity contribution in [2.24, 2.45) is 0 Å². The molecule has 1 aromatic heterocycles.